The minimum absolute atomic E-state index is 0. The molecule has 3 nitrogen and oxygen atoms in total. The van der Waals surface area contributed by atoms with Crippen molar-refractivity contribution in [2.45, 2.75) is 45.6 Å². The maximum Gasteiger partial charge on any atom is 0.303 e. The average Bonchev–Trinajstić information content (AvgIpc) is 2.80. The number of carboxylic acid groups (broad SMARTS) is 1. The quantitative estimate of drug-likeness (QED) is 0.900. The fourth-order valence-corrected chi connectivity index (χ4v) is 3.01. The van der Waals surface area contributed by atoms with Crippen LogP contribution in [0.25, 0.3) is 0 Å². The van der Waals surface area contributed by atoms with Crippen LogP contribution in [0.15, 0.2) is 18.2 Å². The fourth-order valence-electron chi connectivity index (χ4n) is 3.01. The number of benzene rings is 1. The minimum Gasteiger partial charge on any atom is -0.481 e. The van der Waals surface area contributed by atoms with E-state index in [4.69, 9.17) is 5.11 Å². The molecule has 1 unspecified atom stereocenters. The molecule has 0 aromatic heterocycles. The third-order valence-electron chi connectivity index (χ3n) is 4.21. The van der Waals surface area contributed by atoms with Crippen molar-refractivity contribution in [2.75, 3.05) is 13.1 Å². The molecule has 2 rings (SSSR count). The number of nitrogens with zero attached hydrogens (tertiary/aromatic N) is 1. The van der Waals surface area contributed by atoms with Crippen LogP contribution in [0.4, 0.5) is 0 Å². The Hall–Kier alpha value is -1.06. The Morgan fingerprint density at radius 2 is 2.15 bits per heavy atom. The van der Waals surface area contributed by atoms with Crippen molar-refractivity contribution >= 4 is 18.4 Å². The molecule has 0 spiro atoms. The van der Waals surface area contributed by atoms with Crippen molar-refractivity contribution in [3.8, 4) is 0 Å². The van der Waals surface area contributed by atoms with Crippen molar-refractivity contribution in [3.63, 3.8) is 0 Å². The molecular weight excluding hydrogens is 274 g/mol. The summed E-state index contributed by atoms with van der Waals surface area (Å²) in [6, 6.07) is 6.99. The van der Waals surface area contributed by atoms with Gasteiger partial charge in [0.15, 0.2) is 0 Å². The zero-order valence-electron chi connectivity index (χ0n) is 12.3. The Kier molecular flexibility index (Phi) is 6.50. The van der Waals surface area contributed by atoms with Gasteiger partial charge >= 0.3 is 5.97 Å². The van der Waals surface area contributed by atoms with Gasteiger partial charge in [0, 0.05) is 12.5 Å². The molecule has 1 fully saturated rings. The molecule has 1 atom stereocenters. The lowest BCUT2D eigenvalue weighted by atomic mass is 9.96. The summed E-state index contributed by atoms with van der Waals surface area (Å²) in [5, 5.41) is 8.73. The number of hydrogen-bond donors (Lipinski definition) is 1. The molecule has 0 radical (unpaired) electrons. The lowest BCUT2D eigenvalue weighted by Crippen LogP contribution is -2.25. The van der Waals surface area contributed by atoms with Gasteiger partial charge in [-0.05, 0) is 62.9 Å². The molecule has 112 valence electrons. The van der Waals surface area contributed by atoms with Crippen LogP contribution in [0.5, 0.6) is 0 Å². The Bertz CT molecular complexity index is 462. The molecule has 0 bridgehead atoms. The Labute approximate surface area is 127 Å². The van der Waals surface area contributed by atoms with Gasteiger partial charge in [0.25, 0.3) is 0 Å². The van der Waals surface area contributed by atoms with Gasteiger partial charge in [-0.1, -0.05) is 18.2 Å². The summed E-state index contributed by atoms with van der Waals surface area (Å²) in [5.41, 5.74) is 4.15. The summed E-state index contributed by atoms with van der Waals surface area (Å²) in [5.74, 6) is -0.692. The third-order valence-corrected chi connectivity index (χ3v) is 4.21. The van der Waals surface area contributed by atoms with Gasteiger partial charge in [0.2, 0.25) is 0 Å². The predicted octanol–water partition coefficient (Wildman–Crippen LogP) is 3.73. The first-order valence-electron chi connectivity index (χ1n) is 7.11. The third kappa shape index (κ3) is 3.97. The average molecular weight is 298 g/mol. The summed E-state index contributed by atoms with van der Waals surface area (Å²) in [6.07, 6.45) is 3.43. The molecule has 0 aliphatic carbocycles. The summed E-state index contributed by atoms with van der Waals surface area (Å²) < 4.78 is 0. The van der Waals surface area contributed by atoms with Gasteiger partial charge in [-0.25, -0.2) is 0 Å². The lowest BCUT2D eigenvalue weighted by Gasteiger charge is -2.26. The second-order valence-electron chi connectivity index (χ2n) is 5.48. The number of carboxylic acids is 1. The first-order chi connectivity index (χ1) is 9.09. The smallest absolute Gasteiger partial charge is 0.303 e. The summed E-state index contributed by atoms with van der Waals surface area (Å²) in [6.45, 7) is 6.34. The molecular formula is C16H24ClNO2. The second kappa shape index (κ2) is 7.65. The summed E-state index contributed by atoms with van der Waals surface area (Å²) in [4.78, 5) is 13.1. The monoisotopic (exact) mass is 297 g/mol. The standard InChI is InChI=1S/C16H23NO2.ClH/c1-12-6-3-7-14(13(12)2)15-8-4-10-17(15)11-5-9-16(18)19;/h3,6-7,15H,4-5,8-11H2,1-2H3,(H,18,19);1H. The second-order valence-corrected chi connectivity index (χ2v) is 5.48. The lowest BCUT2D eigenvalue weighted by molar-refractivity contribution is -0.137. The highest BCUT2D eigenvalue weighted by atomic mass is 35.5. The van der Waals surface area contributed by atoms with Crippen LogP contribution in [-0.2, 0) is 4.79 Å². The van der Waals surface area contributed by atoms with Crippen LogP contribution in [0.2, 0.25) is 0 Å². The van der Waals surface area contributed by atoms with Crippen molar-refractivity contribution in [1.82, 2.24) is 4.90 Å². The van der Waals surface area contributed by atoms with Gasteiger partial charge < -0.3 is 5.11 Å². The Morgan fingerprint density at radius 3 is 2.85 bits per heavy atom. The highest BCUT2D eigenvalue weighted by molar-refractivity contribution is 5.85. The van der Waals surface area contributed by atoms with Crippen molar-refractivity contribution in [2.24, 2.45) is 0 Å². The highest BCUT2D eigenvalue weighted by Crippen LogP contribution is 2.34. The molecule has 1 saturated heterocycles. The van der Waals surface area contributed by atoms with Gasteiger partial charge in [0.1, 0.15) is 0 Å². The molecule has 1 aliphatic heterocycles. The molecule has 0 amide bonds. The number of carbonyl (C=O) groups is 1. The number of rotatable bonds is 5. The summed E-state index contributed by atoms with van der Waals surface area (Å²) >= 11 is 0. The largest absolute Gasteiger partial charge is 0.481 e. The molecule has 0 saturated carbocycles. The van der Waals surface area contributed by atoms with Crippen LogP contribution >= 0.6 is 12.4 Å². The molecule has 1 aromatic carbocycles. The van der Waals surface area contributed by atoms with Crippen LogP contribution in [0, 0.1) is 13.8 Å². The van der Waals surface area contributed by atoms with E-state index >= 15 is 0 Å². The Morgan fingerprint density at radius 1 is 1.40 bits per heavy atom. The van der Waals surface area contributed by atoms with E-state index < -0.39 is 5.97 Å². The van der Waals surface area contributed by atoms with Gasteiger partial charge in [-0.2, -0.15) is 0 Å². The zero-order chi connectivity index (χ0) is 13.8. The normalized spacial score (nSPS) is 18.8. The predicted molar refractivity (Wildman–Crippen MR) is 83.6 cm³/mol. The van der Waals surface area contributed by atoms with Crippen molar-refractivity contribution in [3.05, 3.63) is 34.9 Å². The van der Waals surface area contributed by atoms with Crippen molar-refractivity contribution in [1.29, 1.82) is 0 Å². The van der Waals surface area contributed by atoms with E-state index in [0.717, 1.165) is 19.5 Å². The Balaban J connectivity index is 0.00000200. The molecule has 1 aromatic rings. The van der Waals surface area contributed by atoms with E-state index in [-0.39, 0.29) is 18.8 Å². The van der Waals surface area contributed by atoms with Crippen LogP contribution in [-0.4, -0.2) is 29.1 Å². The topological polar surface area (TPSA) is 40.5 Å². The fraction of sp³-hybridized carbons (Fsp3) is 0.562. The molecule has 1 N–H and O–H groups in total. The zero-order valence-corrected chi connectivity index (χ0v) is 13.1. The summed E-state index contributed by atoms with van der Waals surface area (Å²) in [7, 11) is 0. The molecule has 1 aliphatic rings. The van der Waals surface area contributed by atoms with Crippen molar-refractivity contribution < 1.29 is 9.90 Å². The molecule has 4 heteroatoms. The van der Waals surface area contributed by atoms with E-state index in [9.17, 15) is 4.79 Å². The first kappa shape index (κ1) is 17.0. The van der Waals surface area contributed by atoms with E-state index in [1.807, 2.05) is 0 Å². The maximum absolute atomic E-state index is 10.6. The maximum atomic E-state index is 10.6. The number of aryl methyl sites for hydroxylation is 1. The van der Waals surface area contributed by atoms with E-state index in [1.165, 1.54) is 29.5 Å². The number of likely N-dealkylation sites (tertiary alicyclic amines) is 1. The van der Waals surface area contributed by atoms with Gasteiger partial charge in [-0.15, -0.1) is 12.4 Å². The van der Waals surface area contributed by atoms with Crippen LogP contribution < -0.4 is 0 Å². The van der Waals surface area contributed by atoms with Crippen LogP contribution in [0.3, 0.4) is 0 Å². The van der Waals surface area contributed by atoms with E-state index in [2.05, 4.69) is 36.9 Å². The number of aliphatic carboxylic acids is 1. The first-order valence-corrected chi connectivity index (χ1v) is 7.11. The minimum atomic E-state index is -0.692. The number of halogens is 1. The van der Waals surface area contributed by atoms with Crippen LogP contribution in [0.1, 0.15) is 48.4 Å². The van der Waals surface area contributed by atoms with Gasteiger partial charge in [-0.3, -0.25) is 9.69 Å². The molecule has 1 heterocycles. The van der Waals surface area contributed by atoms with E-state index in [1.54, 1.807) is 0 Å². The number of hydrogen-bond acceptors (Lipinski definition) is 2. The SMILES string of the molecule is Cc1cccc(C2CCCN2CCCC(=O)O)c1C.Cl. The van der Waals surface area contributed by atoms with E-state index in [0.29, 0.717) is 6.04 Å². The van der Waals surface area contributed by atoms with Gasteiger partial charge in [0.05, 0.1) is 0 Å². The molecule has 20 heavy (non-hydrogen) atoms. The highest BCUT2D eigenvalue weighted by Gasteiger charge is 2.26.